The molecule has 32 heavy (non-hydrogen) atoms. The summed E-state index contributed by atoms with van der Waals surface area (Å²) >= 11 is 0. The number of para-hydroxylation sites is 1. The number of aromatic nitrogens is 4. The average molecular weight is 426 g/mol. The van der Waals surface area contributed by atoms with Gasteiger partial charge >= 0.3 is 0 Å². The summed E-state index contributed by atoms with van der Waals surface area (Å²) in [6.45, 7) is 1.52. The highest BCUT2D eigenvalue weighted by molar-refractivity contribution is 5.84. The van der Waals surface area contributed by atoms with Gasteiger partial charge < -0.3 is 21.3 Å². The monoisotopic (exact) mass is 425 g/mol. The highest BCUT2D eigenvalue weighted by atomic mass is 15.4. The molecule has 2 unspecified atom stereocenters. The minimum absolute atomic E-state index is 0.0759. The fourth-order valence-electron chi connectivity index (χ4n) is 4.80. The van der Waals surface area contributed by atoms with Crippen molar-refractivity contribution in [2.75, 3.05) is 11.4 Å². The number of hydrogen-bond donors (Lipinski definition) is 3. The van der Waals surface area contributed by atoms with Crippen LogP contribution in [0.1, 0.15) is 22.9 Å². The largest absolute Gasteiger partial charge is 0.369 e. The number of anilines is 1. The van der Waals surface area contributed by atoms with Crippen LogP contribution < -0.4 is 16.4 Å². The van der Waals surface area contributed by atoms with Crippen LogP contribution in [0.25, 0.3) is 11.0 Å². The Morgan fingerprint density at radius 1 is 1.06 bits per heavy atom. The molecular formula is C23H23N9. The summed E-state index contributed by atoms with van der Waals surface area (Å²) in [4.78, 5) is 17.7. The molecule has 0 saturated heterocycles. The van der Waals surface area contributed by atoms with Crippen molar-refractivity contribution in [1.82, 2.24) is 25.1 Å². The topological polar surface area (TPSA) is 125 Å². The molecule has 0 bridgehead atoms. The van der Waals surface area contributed by atoms with Crippen LogP contribution in [-0.4, -0.2) is 43.6 Å². The normalized spacial score (nSPS) is 20.1. The van der Waals surface area contributed by atoms with Crippen molar-refractivity contribution >= 4 is 28.5 Å². The van der Waals surface area contributed by atoms with Gasteiger partial charge in [0.15, 0.2) is 11.8 Å². The molecule has 5 N–H and O–H groups in total. The van der Waals surface area contributed by atoms with Gasteiger partial charge in [-0.2, -0.15) is 10.1 Å². The number of H-pyrrole nitrogens is 1. The van der Waals surface area contributed by atoms with Gasteiger partial charge in [-0.3, -0.25) is 15.1 Å². The minimum atomic E-state index is -0.394. The molecule has 9 nitrogen and oxygen atoms in total. The summed E-state index contributed by atoms with van der Waals surface area (Å²) < 4.78 is 0. The fourth-order valence-corrected chi connectivity index (χ4v) is 4.80. The molecule has 2 aliphatic rings. The van der Waals surface area contributed by atoms with E-state index in [1.807, 2.05) is 11.0 Å². The summed E-state index contributed by atoms with van der Waals surface area (Å²) in [5.41, 5.74) is 19.3. The molecule has 0 saturated carbocycles. The molecule has 160 valence electrons. The molecule has 0 spiro atoms. The van der Waals surface area contributed by atoms with E-state index in [1.54, 1.807) is 18.6 Å². The summed E-state index contributed by atoms with van der Waals surface area (Å²) in [5.74, 6) is 1.05. The highest BCUT2D eigenvalue weighted by Crippen LogP contribution is 2.35. The van der Waals surface area contributed by atoms with Crippen LogP contribution in [0.15, 0.2) is 66.0 Å². The predicted molar refractivity (Wildman–Crippen MR) is 123 cm³/mol. The molecule has 9 heteroatoms. The lowest BCUT2D eigenvalue weighted by Gasteiger charge is -2.44. The molecule has 0 aliphatic carbocycles. The Kier molecular flexibility index (Phi) is 4.29. The second kappa shape index (κ2) is 7.31. The van der Waals surface area contributed by atoms with Gasteiger partial charge in [-0.05, 0) is 35.7 Å². The number of nitrogens with one attached hydrogen (secondary N) is 1. The van der Waals surface area contributed by atoms with Crippen LogP contribution in [0, 0.1) is 0 Å². The second-order valence-corrected chi connectivity index (χ2v) is 8.24. The standard InChI is InChI=1S/C23H23N9/c24-21-17-11-28-30-22(17)29-23(25)32(21)16-10-15-3-1-2-4-20(15)31(13-16)12-14-5-6-18-19(9-14)27-8-7-26-18/h1-9,11,16,21H,10,12-13,24H2,(H3,25,28,29,30). The van der Waals surface area contributed by atoms with Gasteiger partial charge in [-0.25, -0.2) is 0 Å². The molecule has 4 aromatic rings. The van der Waals surface area contributed by atoms with E-state index in [4.69, 9.17) is 11.5 Å². The minimum Gasteiger partial charge on any atom is -0.369 e. The fraction of sp³-hybridized carbons (Fsp3) is 0.217. The van der Waals surface area contributed by atoms with E-state index < -0.39 is 6.17 Å². The maximum atomic E-state index is 6.61. The third-order valence-corrected chi connectivity index (χ3v) is 6.28. The molecule has 2 aromatic heterocycles. The Labute approximate surface area is 184 Å². The van der Waals surface area contributed by atoms with Crippen LogP contribution in [0.5, 0.6) is 0 Å². The van der Waals surface area contributed by atoms with E-state index in [9.17, 15) is 0 Å². The third-order valence-electron chi connectivity index (χ3n) is 6.28. The van der Waals surface area contributed by atoms with Gasteiger partial charge in [-0.15, -0.1) is 0 Å². The van der Waals surface area contributed by atoms with Crippen molar-refractivity contribution in [3.8, 4) is 0 Å². The number of aliphatic imine (C=N–C) groups is 1. The molecule has 6 rings (SSSR count). The molecular weight excluding hydrogens is 402 g/mol. The van der Waals surface area contributed by atoms with Crippen molar-refractivity contribution in [3.05, 3.63) is 77.7 Å². The Bertz CT molecular complexity index is 1330. The Balaban J connectivity index is 1.34. The Morgan fingerprint density at radius 3 is 2.81 bits per heavy atom. The first-order valence-electron chi connectivity index (χ1n) is 10.6. The summed E-state index contributed by atoms with van der Waals surface area (Å²) in [6.07, 6.45) is 5.62. The molecule has 0 fully saturated rings. The third kappa shape index (κ3) is 3.05. The van der Waals surface area contributed by atoms with E-state index in [2.05, 4.69) is 66.5 Å². The molecule has 2 aliphatic heterocycles. The molecule has 2 aromatic carbocycles. The van der Waals surface area contributed by atoms with Crippen molar-refractivity contribution < 1.29 is 0 Å². The number of guanidine groups is 1. The van der Waals surface area contributed by atoms with Crippen molar-refractivity contribution in [1.29, 1.82) is 0 Å². The van der Waals surface area contributed by atoms with E-state index >= 15 is 0 Å². The lowest BCUT2D eigenvalue weighted by molar-refractivity contribution is 0.229. The number of nitrogens with zero attached hydrogens (tertiary/aromatic N) is 6. The number of hydrogen-bond acceptors (Lipinski definition) is 8. The van der Waals surface area contributed by atoms with Gasteiger partial charge in [0.1, 0.15) is 6.17 Å². The summed E-state index contributed by atoms with van der Waals surface area (Å²) in [6, 6.07) is 14.8. The van der Waals surface area contributed by atoms with E-state index in [1.165, 1.54) is 16.8 Å². The first-order chi connectivity index (χ1) is 15.7. The van der Waals surface area contributed by atoms with Crippen LogP contribution in [-0.2, 0) is 13.0 Å². The van der Waals surface area contributed by atoms with E-state index in [0.29, 0.717) is 11.8 Å². The number of fused-ring (bicyclic) bond motifs is 3. The number of benzene rings is 2. The number of nitrogens with two attached hydrogens (primary N) is 2. The highest BCUT2D eigenvalue weighted by Gasteiger charge is 2.36. The van der Waals surface area contributed by atoms with Gasteiger partial charge in [-0.1, -0.05) is 24.3 Å². The quantitative estimate of drug-likeness (QED) is 0.459. The Morgan fingerprint density at radius 2 is 1.91 bits per heavy atom. The Hall–Kier alpha value is -3.98. The number of aromatic amines is 1. The van der Waals surface area contributed by atoms with Crippen molar-refractivity contribution in [2.45, 2.75) is 25.2 Å². The second-order valence-electron chi connectivity index (χ2n) is 8.24. The zero-order valence-electron chi connectivity index (χ0n) is 17.4. The van der Waals surface area contributed by atoms with Gasteiger partial charge in [0, 0.05) is 31.2 Å². The van der Waals surface area contributed by atoms with E-state index in [-0.39, 0.29) is 6.04 Å². The predicted octanol–water partition coefficient (Wildman–Crippen LogP) is 2.20. The maximum Gasteiger partial charge on any atom is 0.199 e. The smallest absolute Gasteiger partial charge is 0.199 e. The van der Waals surface area contributed by atoms with Crippen molar-refractivity contribution in [2.24, 2.45) is 16.5 Å². The van der Waals surface area contributed by atoms with Gasteiger partial charge in [0.2, 0.25) is 0 Å². The SMILES string of the molecule is NC1=Nc2[nH]ncc2C(N)N1C1Cc2ccccc2N(Cc2ccc3nccnc3c2)C1. The van der Waals surface area contributed by atoms with Gasteiger partial charge in [0.25, 0.3) is 0 Å². The van der Waals surface area contributed by atoms with Crippen LogP contribution >= 0.6 is 0 Å². The maximum absolute atomic E-state index is 6.61. The van der Waals surface area contributed by atoms with E-state index in [0.717, 1.165) is 36.1 Å². The number of rotatable bonds is 3. The summed E-state index contributed by atoms with van der Waals surface area (Å²) in [5, 5.41) is 6.95. The molecule has 0 radical (unpaired) electrons. The molecule has 4 heterocycles. The lowest BCUT2D eigenvalue weighted by atomic mass is 9.95. The molecule has 0 amide bonds. The zero-order chi connectivity index (χ0) is 21.7. The lowest BCUT2D eigenvalue weighted by Crippen LogP contribution is -2.56. The van der Waals surface area contributed by atoms with Gasteiger partial charge in [0.05, 0.1) is 28.8 Å². The first kappa shape index (κ1) is 18.8. The van der Waals surface area contributed by atoms with Crippen LogP contribution in [0.2, 0.25) is 0 Å². The zero-order valence-corrected chi connectivity index (χ0v) is 17.4. The van der Waals surface area contributed by atoms with Crippen LogP contribution in [0.3, 0.4) is 0 Å². The molecule has 2 atom stereocenters. The van der Waals surface area contributed by atoms with Crippen LogP contribution in [0.4, 0.5) is 11.5 Å². The summed E-state index contributed by atoms with van der Waals surface area (Å²) in [7, 11) is 0. The average Bonchev–Trinajstić information content (AvgIpc) is 3.28. The first-order valence-corrected chi connectivity index (χ1v) is 10.6. The van der Waals surface area contributed by atoms with Crippen molar-refractivity contribution in [3.63, 3.8) is 0 Å².